The van der Waals surface area contributed by atoms with Gasteiger partial charge in [0.05, 0.1) is 5.92 Å². The maximum atomic E-state index is 13.1. The number of rotatable bonds is 4. The van der Waals surface area contributed by atoms with Gasteiger partial charge in [-0.15, -0.1) is 0 Å². The van der Waals surface area contributed by atoms with Crippen LogP contribution in [0.3, 0.4) is 0 Å². The highest BCUT2D eigenvalue weighted by atomic mass is 19.1. The number of carbonyl (C=O) groups excluding carboxylic acids is 1. The molecule has 0 aliphatic carbocycles. The number of hydrogen-bond acceptors (Lipinski definition) is 2. The van der Waals surface area contributed by atoms with Crippen LogP contribution in [-0.2, 0) is 11.2 Å². The molecule has 0 bridgehead atoms. The van der Waals surface area contributed by atoms with E-state index < -0.39 is 0 Å². The first-order chi connectivity index (χ1) is 10.2. The van der Waals surface area contributed by atoms with Crippen molar-refractivity contribution >= 4 is 11.6 Å². The standard InChI is InChI=1S/C17H17FN2O/c18-13-5-3-4-12(10-13)8-9-19-17(21)15-11-20-16-7-2-1-6-14(15)16/h1-7,10,15,20H,8-9,11H2,(H,19,21). The van der Waals surface area contributed by atoms with Crippen molar-refractivity contribution in [2.45, 2.75) is 12.3 Å². The van der Waals surface area contributed by atoms with Crippen LogP contribution in [0, 0.1) is 5.82 Å². The third-order valence-corrected chi connectivity index (χ3v) is 3.75. The number of nitrogens with one attached hydrogen (secondary N) is 2. The van der Waals surface area contributed by atoms with Gasteiger partial charge in [0, 0.05) is 18.8 Å². The van der Waals surface area contributed by atoms with E-state index in [-0.39, 0.29) is 17.6 Å². The molecule has 1 heterocycles. The zero-order valence-electron chi connectivity index (χ0n) is 11.6. The fourth-order valence-electron chi connectivity index (χ4n) is 2.66. The first kappa shape index (κ1) is 13.6. The van der Waals surface area contributed by atoms with Crippen LogP contribution in [0.25, 0.3) is 0 Å². The number of fused-ring (bicyclic) bond motifs is 1. The molecule has 3 nitrogen and oxygen atoms in total. The average molecular weight is 284 g/mol. The number of halogens is 1. The smallest absolute Gasteiger partial charge is 0.229 e. The minimum absolute atomic E-state index is 0.0175. The van der Waals surface area contributed by atoms with Gasteiger partial charge in [-0.05, 0) is 35.7 Å². The first-order valence-electron chi connectivity index (χ1n) is 7.09. The Hall–Kier alpha value is -2.36. The van der Waals surface area contributed by atoms with Crippen LogP contribution < -0.4 is 10.6 Å². The first-order valence-corrected chi connectivity index (χ1v) is 7.09. The number of benzene rings is 2. The van der Waals surface area contributed by atoms with Crippen LogP contribution in [0.5, 0.6) is 0 Å². The highest BCUT2D eigenvalue weighted by Crippen LogP contribution is 2.30. The summed E-state index contributed by atoms with van der Waals surface area (Å²) in [5.74, 6) is -0.370. The Labute approximate surface area is 123 Å². The summed E-state index contributed by atoms with van der Waals surface area (Å²) in [6.07, 6.45) is 0.630. The third-order valence-electron chi connectivity index (χ3n) is 3.75. The van der Waals surface area contributed by atoms with Gasteiger partial charge in [-0.3, -0.25) is 4.79 Å². The molecular formula is C17H17FN2O. The van der Waals surface area contributed by atoms with E-state index in [0.29, 0.717) is 19.5 Å². The van der Waals surface area contributed by atoms with E-state index in [0.717, 1.165) is 16.8 Å². The predicted molar refractivity (Wildman–Crippen MR) is 80.8 cm³/mol. The van der Waals surface area contributed by atoms with E-state index in [1.54, 1.807) is 6.07 Å². The monoisotopic (exact) mass is 284 g/mol. The molecule has 0 radical (unpaired) electrons. The zero-order chi connectivity index (χ0) is 14.7. The van der Waals surface area contributed by atoms with Crippen molar-refractivity contribution in [1.82, 2.24) is 5.32 Å². The lowest BCUT2D eigenvalue weighted by Crippen LogP contribution is -2.31. The summed E-state index contributed by atoms with van der Waals surface area (Å²) >= 11 is 0. The number of hydrogen-bond donors (Lipinski definition) is 2. The van der Waals surface area contributed by atoms with E-state index in [4.69, 9.17) is 0 Å². The van der Waals surface area contributed by atoms with Crippen LogP contribution in [0.4, 0.5) is 10.1 Å². The van der Waals surface area contributed by atoms with Crippen LogP contribution >= 0.6 is 0 Å². The molecule has 1 amide bonds. The Morgan fingerprint density at radius 3 is 2.95 bits per heavy atom. The second kappa shape index (κ2) is 5.95. The van der Waals surface area contributed by atoms with E-state index in [1.807, 2.05) is 30.3 Å². The Morgan fingerprint density at radius 1 is 1.24 bits per heavy atom. The molecule has 2 aromatic rings. The van der Waals surface area contributed by atoms with Gasteiger partial charge in [-0.1, -0.05) is 30.3 Å². The Bertz CT molecular complexity index is 657. The van der Waals surface area contributed by atoms with Crippen molar-refractivity contribution < 1.29 is 9.18 Å². The summed E-state index contributed by atoms with van der Waals surface area (Å²) in [5.41, 5.74) is 2.96. The summed E-state index contributed by atoms with van der Waals surface area (Å²) in [5, 5.41) is 6.17. The van der Waals surface area contributed by atoms with Crippen LogP contribution in [0.15, 0.2) is 48.5 Å². The van der Waals surface area contributed by atoms with E-state index in [2.05, 4.69) is 10.6 Å². The molecule has 2 N–H and O–H groups in total. The van der Waals surface area contributed by atoms with Gasteiger partial charge in [0.1, 0.15) is 5.82 Å². The van der Waals surface area contributed by atoms with Crippen LogP contribution in [0.2, 0.25) is 0 Å². The number of para-hydroxylation sites is 1. The van der Waals surface area contributed by atoms with Crippen molar-refractivity contribution in [2.75, 3.05) is 18.4 Å². The van der Waals surface area contributed by atoms with Crippen molar-refractivity contribution in [3.05, 3.63) is 65.5 Å². The molecule has 0 saturated carbocycles. The number of amides is 1. The van der Waals surface area contributed by atoms with E-state index >= 15 is 0 Å². The largest absolute Gasteiger partial charge is 0.384 e. The average Bonchev–Trinajstić information content (AvgIpc) is 2.91. The van der Waals surface area contributed by atoms with Gasteiger partial charge in [-0.25, -0.2) is 4.39 Å². The van der Waals surface area contributed by atoms with Crippen molar-refractivity contribution in [2.24, 2.45) is 0 Å². The number of carbonyl (C=O) groups is 1. The summed E-state index contributed by atoms with van der Waals surface area (Å²) in [4.78, 5) is 12.2. The summed E-state index contributed by atoms with van der Waals surface area (Å²) in [7, 11) is 0. The van der Waals surface area contributed by atoms with Gasteiger partial charge in [0.25, 0.3) is 0 Å². The molecule has 1 aliphatic heterocycles. The summed E-state index contributed by atoms with van der Waals surface area (Å²) in [6.45, 7) is 1.14. The fraction of sp³-hybridized carbons (Fsp3) is 0.235. The van der Waals surface area contributed by atoms with Gasteiger partial charge in [0.15, 0.2) is 0 Å². The minimum atomic E-state index is -0.243. The lowest BCUT2D eigenvalue weighted by molar-refractivity contribution is -0.122. The highest BCUT2D eigenvalue weighted by molar-refractivity contribution is 5.88. The molecule has 3 rings (SSSR count). The lowest BCUT2D eigenvalue weighted by atomic mass is 10.0. The maximum Gasteiger partial charge on any atom is 0.229 e. The molecule has 4 heteroatoms. The zero-order valence-corrected chi connectivity index (χ0v) is 11.6. The van der Waals surface area contributed by atoms with Crippen LogP contribution in [0.1, 0.15) is 17.0 Å². The molecule has 0 saturated heterocycles. The van der Waals surface area contributed by atoms with E-state index in [1.165, 1.54) is 12.1 Å². The molecule has 1 atom stereocenters. The van der Waals surface area contributed by atoms with E-state index in [9.17, 15) is 9.18 Å². The molecule has 108 valence electrons. The van der Waals surface area contributed by atoms with Gasteiger partial charge in [0.2, 0.25) is 5.91 Å². The van der Waals surface area contributed by atoms with Crippen LogP contribution in [-0.4, -0.2) is 19.0 Å². The molecule has 2 aromatic carbocycles. The molecule has 0 aromatic heterocycles. The second-order valence-corrected chi connectivity index (χ2v) is 5.19. The fourth-order valence-corrected chi connectivity index (χ4v) is 2.66. The Kier molecular flexibility index (Phi) is 3.86. The van der Waals surface area contributed by atoms with Gasteiger partial charge < -0.3 is 10.6 Å². The predicted octanol–water partition coefficient (Wildman–Crippen LogP) is 2.69. The van der Waals surface area contributed by atoms with Crippen molar-refractivity contribution in [3.63, 3.8) is 0 Å². The maximum absolute atomic E-state index is 13.1. The quantitative estimate of drug-likeness (QED) is 0.906. The van der Waals surface area contributed by atoms with Crippen molar-refractivity contribution in [3.8, 4) is 0 Å². The Morgan fingerprint density at radius 2 is 2.10 bits per heavy atom. The summed E-state index contributed by atoms with van der Waals surface area (Å²) in [6, 6.07) is 14.3. The normalized spacial score (nSPS) is 16.1. The Balaban J connectivity index is 1.56. The minimum Gasteiger partial charge on any atom is -0.384 e. The van der Waals surface area contributed by atoms with Gasteiger partial charge in [-0.2, -0.15) is 0 Å². The SMILES string of the molecule is O=C(NCCc1cccc(F)c1)C1CNc2ccccc21. The second-order valence-electron chi connectivity index (χ2n) is 5.19. The molecule has 0 fully saturated rings. The van der Waals surface area contributed by atoms with Crippen molar-refractivity contribution in [1.29, 1.82) is 0 Å². The third kappa shape index (κ3) is 3.05. The summed E-state index contributed by atoms with van der Waals surface area (Å²) < 4.78 is 13.1. The van der Waals surface area contributed by atoms with Gasteiger partial charge >= 0.3 is 0 Å². The molecule has 21 heavy (non-hydrogen) atoms. The topological polar surface area (TPSA) is 41.1 Å². The molecular weight excluding hydrogens is 267 g/mol. The molecule has 1 aliphatic rings. The number of anilines is 1. The lowest BCUT2D eigenvalue weighted by Gasteiger charge is -2.11. The molecule has 0 spiro atoms. The molecule has 1 unspecified atom stereocenters. The highest BCUT2D eigenvalue weighted by Gasteiger charge is 2.27.